The minimum absolute atomic E-state index is 0.271. The van der Waals surface area contributed by atoms with Crippen molar-refractivity contribution in [2.24, 2.45) is 7.05 Å². The Bertz CT molecular complexity index is 735. The predicted molar refractivity (Wildman–Crippen MR) is 82.7 cm³/mol. The van der Waals surface area contributed by atoms with E-state index in [1.807, 2.05) is 0 Å². The Morgan fingerprint density at radius 3 is 2.38 bits per heavy atom. The molecule has 4 heteroatoms. The molecule has 21 heavy (non-hydrogen) atoms. The lowest BCUT2D eigenvalue weighted by molar-refractivity contribution is 0.645. The fourth-order valence-electron chi connectivity index (χ4n) is 3.09. The molecule has 0 saturated heterocycles. The van der Waals surface area contributed by atoms with E-state index < -0.39 is 0 Å². The van der Waals surface area contributed by atoms with E-state index in [4.69, 9.17) is 0 Å². The molecule has 1 aromatic carbocycles. The third kappa shape index (κ3) is 2.84. The molecule has 1 heterocycles. The molecule has 2 aromatic rings. The molecule has 0 spiro atoms. The summed E-state index contributed by atoms with van der Waals surface area (Å²) in [5.41, 5.74) is 1.94. The molecular formula is C17H20N2O2. The maximum absolute atomic E-state index is 12.0. The second-order valence-electron chi connectivity index (χ2n) is 5.85. The molecule has 1 saturated carbocycles. The SMILES string of the molecule is Cn1c(=O)ccn(Cc2ccc(C3CCCC3)cc2)c1=O. The predicted octanol–water partition coefficient (Wildman–Crippen LogP) is 2.25. The summed E-state index contributed by atoms with van der Waals surface area (Å²) >= 11 is 0. The van der Waals surface area contributed by atoms with E-state index in [0.717, 1.165) is 10.1 Å². The molecule has 1 aromatic heterocycles. The Kier molecular flexibility index (Phi) is 3.78. The fraction of sp³-hybridized carbons (Fsp3) is 0.412. The number of benzene rings is 1. The lowest BCUT2D eigenvalue weighted by atomic mass is 9.97. The molecule has 1 aliphatic rings. The van der Waals surface area contributed by atoms with Crippen molar-refractivity contribution >= 4 is 0 Å². The minimum atomic E-state index is -0.276. The van der Waals surface area contributed by atoms with Gasteiger partial charge in [0.2, 0.25) is 0 Å². The van der Waals surface area contributed by atoms with Crippen LogP contribution < -0.4 is 11.2 Å². The van der Waals surface area contributed by atoms with Crippen LogP contribution in [0.3, 0.4) is 0 Å². The first-order valence-corrected chi connectivity index (χ1v) is 7.50. The Morgan fingerprint density at radius 1 is 1.05 bits per heavy atom. The van der Waals surface area contributed by atoms with Crippen molar-refractivity contribution in [2.75, 3.05) is 0 Å². The molecule has 0 atom stereocenters. The number of hydrogen-bond donors (Lipinski definition) is 0. The lowest BCUT2D eigenvalue weighted by Crippen LogP contribution is -2.37. The van der Waals surface area contributed by atoms with Crippen LogP contribution in [-0.4, -0.2) is 9.13 Å². The molecule has 3 rings (SSSR count). The van der Waals surface area contributed by atoms with Gasteiger partial charge in [0, 0.05) is 19.3 Å². The van der Waals surface area contributed by atoms with Crippen molar-refractivity contribution in [2.45, 2.75) is 38.1 Å². The van der Waals surface area contributed by atoms with E-state index in [9.17, 15) is 9.59 Å². The fourth-order valence-corrected chi connectivity index (χ4v) is 3.09. The third-order valence-electron chi connectivity index (χ3n) is 4.42. The average molecular weight is 284 g/mol. The van der Waals surface area contributed by atoms with Gasteiger partial charge in [0.05, 0.1) is 6.54 Å². The van der Waals surface area contributed by atoms with Crippen molar-refractivity contribution < 1.29 is 0 Å². The van der Waals surface area contributed by atoms with E-state index in [-0.39, 0.29) is 11.2 Å². The van der Waals surface area contributed by atoms with Gasteiger partial charge in [-0.2, -0.15) is 0 Å². The summed E-state index contributed by atoms with van der Waals surface area (Å²) in [4.78, 5) is 23.4. The quantitative estimate of drug-likeness (QED) is 0.867. The Hall–Kier alpha value is -2.10. The average Bonchev–Trinajstić information content (AvgIpc) is 3.03. The summed E-state index contributed by atoms with van der Waals surface area (Å²) in [6.07, 6.45) is 6.81. The highest BCUT2D eigenvalue weighted by molar-refractivity contribution is 5.26. The molecule has 0 unspecified atom stereocenters. The normalized spacial score (nSPS) is 15.5. The van der Waals surface area contributed by atoms with Gasteiger partial charge in [0.1, 0.15) is 0 Å². The molecule has 0 bridgehead atoms. The van der Waals surface area contributed by atoms with Crippen LogP contribution in [0.4, 0.5) is 0 Å². The Labute approximate surface area is 123 Å². The van der Waals surface area contributed by atoms with E-state index >= 15 is 0 Å². The van der Waals surface area contributed by atoms with E-state index in [0.29, 0.717) is 12.5 Å². The number of rotatable bonds is 3. The zero-order chi connectivity index (χ0) is 14.8. The molecule has 1 fully saturated rings. The second-order valence-corrected chi connectivity index (χ2v) is 5.85. The van der Waals surface area contributed by atoms with Gasteiger partial charge < -0.3 is 0 Å². The second kappa shape index (κ2) is 5.72. The molecule has 0 amide bonds. The number of nitrogens with zero attached hydrogens (tertiary/aromatic N) is 2. The van der Waals surface area contributed by atoms with Gasteiger partial charge in [-0.15, -0.1) is 0 Å². The van der Waals surface area contributed by atoms with Crippen molar-refractivity contribution in [3.05, 3.63) is 68.5 Å². The zero-order valence-electron chi connectivity index (χ0n) is 12.3. The van der Waals surface area contributed by atoms with Crippen molar-refractivity contribution in [3.8, 4) is 0 Å². The zero-order valence-corrected chi connectivity index (χ0v) is 12.3. The summed E-state index contributed by atoms with van der Waals surface area (Å²) in [5.74, 6) is 0.708. The number of hydrogen-bond acceptors (Lipinski definition) is 2. The number of aromatic nitrogens is 2. The van der Waals surface area contributed by atoms with Gasteiger partial charge in [-0.3, -0.25) is 13.9 Å². The highest BCUT2D eigenvalue weighted by Crippen LogP contribution is 2.33. The van der Waals surface area contributed by atoms with Crippen LogP contribution in [0.25, 0.3) is 0 Å². The first-order valence-electron chi connectivity index (χ1n) is 7.50. The Balaban J connectivity index is 1.81. The van der Waals surface area contributed by atoms with Crippen LogP contribution in [0.5, 0.6) is 0 Å². The van der Waals surface area contributed by atoms with Gasteiger partial charge in [-0.1, -0.05) is 37.1 Å². The molecule has 0 N–H and O–H groups in total. The van der Waals surface area contributed by atoms with Gasteiger partial charge in [-0.25, -0.2) is 4.79 Å². The summed E-state index contributed by atoms with van der Waals surface area (Å²) in [7, 11) is 1.50. The summed E-state index contributed by atoms with van der Waals surface area (Å²) in [6, 6.07) is 9.96. The van der Waals surface area contributed by atoms with E-state index in [1.165, 1.54) is 44.4 Å². The minimum Gasteiger partial charge on any atom is -0.296 e. The van der Waals surface area contributed by atoms with E-state index in [1.54, 1.807) is 10.8 Å². The maximum atomic E-state index is 12.0. The molecule has 0 radical (unpaired) electrons. The molecule has 4 nitrogen and oxygen atoms in total. The monoisotopic (exact) mass is 284 g/mol. The summed E-state index contributed by atoms with van der Waals surface area (Å²) in [6.45, 7) is 0.498. The van der Waals surface area contributed by atoms with Gasteiger partial charge in [0.15, 0.2) is 0 Å². The summed E-state index contributed by atoms with van der Waals surface area (Å²) in [5, 5.41) is 0. The van der Waals surface area contributed by atoms with Crippen LogP contribution in [0.15, 0.2) is 46.1 Å². The van der Waals surface area contributed by atoms with Crippen molar-refractivity contribution in [1.82, 2.24) is 9.13 Å². The largest absolute Gasteiger partial charge is 0.331 e. The van der Waals surface area contributed by atoms with Gasteiger partial charge in [-0.05, 0) is 29.9 Å². The molecule has 110 valence electrons. The van der Waals surface area contributed by atoms with Crippen LogP contribution in [0.1, 0.15) is 42.7 Å². The van der Waals surface area contributed by atoms with Gasteiger partial charge in [0.25, 0.3) is 5.56 Å². The highest BCUT2D eigenvalue weighted by atomic mass is 16.2. The molecular weight excluding hydrogens is 264 g/mol. The topological polar surface area (TPSA) is 44.0 Å². The van der Waals surface area contributed by atoms with Crippen LogP contribution in [0, 0.1) is 0 Å². The smallest absolute Gasteiger partial charge is 0.296 e. The standard InChI is InChI=1S/C17H20N2O2/c1-18-16(20)10-11-19(17(18)21)12-13-6-8-15(9-7-13)14-4-2-3-5-14/h6-11,14H,2-5,12H2,1H3. The Morgan fingerprint density at radius 2 is 1.71 bits per heavy atom. The first-order chi connectivity index (χ1) is 10.1. The molecule has 1 aliphatic carbocycles. The van der Waals surface area contributed by atoms with Crippen molar-refractivity contribution in [1.29, 1.82) is 0 Å². The lowest BCUT2D eigenvalue weighted by Gasteiger charge is -2.11. The van der Waals surface area contributed by atoms with Gasteiger partial charge >= 0.3 is 5.69 Å². The third-order valence-corrected chi connectivity index (χ3v) is 4.42. The van der Waals surface area contributed by atoms with Crippen molar-refractivity contribution in [3.63, 3.8) is 0 Å². The molecule has 0 aliphatic heterocycles. The first kappa shape index (κ1) is 13.9. The maximum Gasteiger partial charge on any atom is 0.331 e. The van der Waals surface area contributed by atoms with Crippen LogP contribution in [-0.2, 0) is 13.6 Å². The van der Waals surface area contributed by atoms with E-state index in [2.05, 4.69) is 24.3 Å². The summed E-state index contributed by atoms with van der Waals surface area (Å²) < 4.78 is 2.69. The highest BCUT2D eigenvalue weighted by Gasteiger charge is 2.16. The van der Waals surface area contributed by atoms with Crippen LogP contribution in [0.2, 0.25) is 0 Å². The van der Waals surface area contributed by atoms with Crippen LogP contribution >= 0.6 is 0 Å².